The fourth-order valence-corrected chi connectivity index (χ4v) is 2.98. The Balaban J connectivity index is 1.89. The predicted octanol–water partition coefficient (Wildman–Crippen LogP) is 3.55. The Morgan fingerprint density at radius 2 is 2.29 bits per heavy atom. The van der Waals surface area contributed by atoms with Crippen molar-refractivity contribution in [3.63, 3.8) is 0 Å². The zero-order valence-corrected chi connectivity index (χ0v) is 10.6. The highest BCUT2D eigenvalue weighted by Gasteiger charge is 2.19. The molecule has 88 valence electrons. The Hall–Kier alpha value is -1.19. The zero-order chi connectivity index (χ0) is 11.7. The molecule has 2 aromatic rings. The van der Waals surface area contributed by atoms with Crippen molar-refractivity contribution >= 4 is 11.8 Å². The maximum absolute atomic E-state index is 5.66. The Morgan fingerprint density at radius 3 is 3.06 bits per heavy atom. The van der Waals surface area contributed by atoms with E-state index in [2.05, 4.69) is 54.2 Å². The van der Waals surface area contributed by atoms with Gasteiger partial charge in [-0.3, -0.25) is 0 Å². The number of aromatic nitrogens is 1. The molecule has 0 bridgehead atoms. The van der Waals surface area contributed by atoms with Gasteiger partial charge >= 0.3 is 0 Å². The molecule has 1 saturated heterocycles. The van der Waals surface area contributed by atoms with E-state index < -0.39 is 0 Å². The van der Waals surface area contributed by atoms with Crippen molar-refractivity contribution in [3.05, 3.63) is 53.9 Å². The van der Waals surface area contributed by atoms with Crippen molar-refractivity contribution in [2.75, 3.05) is 12.4 Å². The van der Waals surface area contributed by atoms with E-state index in [9.17, 15) is 0 Å². The first-order valence-corrected chi connectivity index (χ1v) is 6.86. The molecular weight excluding hydrogens is 230 g/mol. The number of hydrogen-bond acceptors (Lipinski definition) is 2. The second-order valence-corrected chi connectivity index (χ2v) is 5.43. The van der Waals surface area contributed by atoms with Crippen LogP contribution in [0.3, 0.4) is 0 Å². The topological polar surface area (TPSA) is 14.2 Å². The lowest BCUT2D eigenvalue weighted by atomic mass is 10.2. The summed E-state index contributed by atoms with van der Waals surface area (Å²) in [6.45, 7) is 2.98. The van der Waals surface area contributed by atoms with Crippen LogP contribution in [0.4, 0.5) is 0 Å². The second kappa shape index (κ2) is 4.59. The summed E-state index contributed by atoms with van der Waals surface area (Å²) < 4.78 is 7.82. The number of benzene rings is 1. The van der Waals surface area contributed by atoms with Crippen LogP contribution in [0.2, 0.25) is 0 Å². The lowest BCUT2D eigenvalue weighted by Crippen LogP contribution is -1.93. The highest BCUT2D eigenvalue weighted by atomic mass is 32.2. The first kappa shape index (κ1) is 10.9. The molecule has 1 fully saturated rings. The normalized spacial score (nSPS) is 19.7. The first-order chi connectivity index (χ1) is 8.33. The molecule has 1 aliphatic heterocycles. The number of aryl methyl sites for hydroxylation is 1. The van der Waals surface area contributed by atoms with Crippen molar-refractivity contribution in [1.82, 2.24) is 4.57 Å². The summed E-state index contributed by atoms with van der Waals surface area (Å²) in [6, 6.07) is 10.7. The molecule has 0 saturated carbocycles. The van der Waals surface area contributed by atoms with Gasteiger partial charge in [0.1, 0.15) is 5.44 Å². The van der Waals surface area contributed by atoms with Gasteiger partial charge < -0.3 is 9.30 Å². The molecule has 0 radical (unpaired) electrons. The standard InChI is InChI=1S/C14H15NOS/c1-11-3-2-4-13(9-11)15-6-5-12(10-15)14-16-7-8-17-14/h2-6,9-10,14H,7-8H2,1H3. The number of nitrogens with zero attached hydrogens (tertiary/aromatic N) is 1. The van der Waals surface area contributed by atoms with E-state index in [0.29, 0.717) is 0 Å². The molecule has 1 aliphatic rings. The van der Waals surface area contributed by atoms with Gasteiger partial charge in [-0.25, -0.2) is 0 Å². The van der Waals surface area contributed by atoms with Crippen LogP contribution in [0.15, 0.2) is 42.7 Å². The average molecular weight is 245 g/mol. The van der Waals surface area contributed by atoms with Crippen LogP contribution in [0, 0.1) is 6.92 Å². The Kier molecular flexibility index (Phi) is 2.95. The van der Waals surface area contributed by atoms with Crippen LogP contribution < -0.4 is 0 Å². The summed E-state index contributed by atoms with van der Waals surface area (Å²) in [6.07, 6.45) is 4.27. The van der Waals surface area contributed by atoms with E-state index in [1.165, 1.54) is 16.8 Å². The van der Waals surface area contributed by atoms with Gasteiger partial charge in [-0.2, -0.15) is 0 Å². The molecule has 0 spiro atoms. The SMILES string of the molecule is Cc1cccc(-n2ccc(C3OCCS3)c2)c1. The average Bonchev–Trinajstić information content (AvgIpc) is 3.00. The van der Waals surface area contributed by atoms with Gasteiger partial charge in [0.2, 0.25) is 0 Å². The van der Waals surface area contributed by atoms with Crippen LogP contribution in [-0.4, -0.2) is 16.9 Å². The van der Waals surface area contributed by atoms with Crippen molar-refractivity contribution < 1.29 is 4.74 Å². The molecule has 1 aromatic carbocycles. The summed E-state index contributed by atoms with van der Waals surface area (Å²) >= 11 is 1.87. The molecule has 1 atom stereocenters. The molecule has 2 nitrogen and oxygen atoms in total. The molecule has 1 aromatic heterocycles. The van der Waals surface area contributed by atoms with E-state index in [-0.39, 0.29) is 5.44 Å². The van der Waals surface area contributed by atoms with E-state index in [4.69, 9.17) is 4.74 Å². The number of thioether (sulfide) groups is 1. The molecular formula is C14H15NOS. The van der Waals surface area contributed by atoms with E-state index >= 15 is 0 Å². The summed E-state index contributed by atoms with van der Waals surface area (Å²) in [5.74, 6) is 1.10. The largest absolute Gasteiger partial charge is 0.362 e. The smallest absolute Gasteiger partial charge is 0.130 e. The molecule has 0 aliphatic carbocycles. The number of ether oxygens (including phenoxy) is 1. The van der Waals surface area contributed by atoms with Crippen LogP contribution >= 0.6 is 11.8 Å². The van der Waals surface area contributed by atoms with Gasteiger partial charge in [0.15, 0.2) is 0 Å². The summed E-state index contributed by atoms with van der Waals surface area (Å²) in [4.78, 5) is 0. The van der Waals surface area contributed by atoms with Crippen LogP contribution in [-0.2, 0) is 4.74 Å². The minimum absolute atomic E-state index is 0.223. The van der Waals surface area contributed by atoms with Crippen molar-refractivity contribution in [2.24, 2.45) is 0 Å². The molecule has 3 heteroatoms. The Bertz CT molecular complexity index is 514. The number of rotatable bonds is 2. The number of hydrogen-bond donors (Lipinski definition) is 0. The monoisotopic (exact) mass is 245 g/mol. The van der Waals surface area contributed by atoms with Crippen molar-refractivity contribution in [1.29, 1.82) is 0 Å². The molecule has 3 rings (SSSR count). The highest BCUT2D eigenvalue weighted by Crippen LogP contribution is 2.35. The zero-order valence-electron chi connectivity index (χ0n) is 9.80. The summed E-state index contributed by atoms with van der Waals surface area (Å²) in [5, 5.41) is 0. The van der Waals surface area contributed by atoms with Gasteiger partial charge in [0.05, 0.1) is 6.61 Å². The fraction of sp³-hybridized carbons (Fsp3) is 0.286. The molecule has 1 unspecified atom stereocenters. The predicted molar refractivity (Wildman–Crippen MR) is 71.7 cm³/mol. The minimum atomic E-state index is 0.223. The molecule has 0 N–H and O–H groups in total. The van der Waals surface area contributed by atoms with E-state index in [1.54, 1.807) is 0 Å². The third kappa shape index (κ3) is 2.26. The van der Waals surface area contributed by atoms with Crippen molar-refractivity contribution in [2.45, 2.75) is 12.4 Å². The first-order valence-electron chi connectivity index (χ1n) is 5.81. The lowest BCUT2D eigenvalue weighted by Gasteiger charge is -2.06. The van der Waals surface area contributed by atoms with Gasteiger partial charge in [0.25, 0.3) is 0 Å². The van der Waals surface area contributed by atoms with E-state index in [0.717, 1.165) is 12.4 Å². The van der Waals surface area contributed by atoms with Crippen LogP contribution in [0.1, 0.15) is 16.6 Å². The minimum Gasteiger partial charge on any atom is -0.362 e. The fourth-order valence-electron chi connectivity index (χ4n) is 2.05. The highest BCUT2D eigenvalue weighted by molar-refractivity contribution is 7.99. The Morgan fingerprint density at radius 1 is 1.35 bits per heavy atom. The third-order valence-corrected chi connectivity index (χ3v) is 4.02. The quantitative estimate of drug-likeness (QED) is 0.803. The van der Waals surface area contributed by atoms with Crippen LogP contribution in [0.5, 0.6) is 0 Å². The molecule has 17 heavy (non-hydrogen) atoms. The summed E-state index contributed by atoms with van der Waals surface area (Å²) in [5.41, 5.74) is 3.97. The maximum Gasteiger partial charge on any atom is 0.130 e. The molecule has 0 amide bonds. The van der Waals surface area contributed by atoms with Gasteiger partial charge in [-0.05, 0) is 30.7 Å². The van der Waals surface area contributed by atoms with Crippen LogP contribution in [0.25, 0.3) is 5.69 Å². The molecule has 2 heterocycles. The van der Waals surface area contributed by atoms with Gasteiger partial charge in [-0.15, -0.1) is 11.8 Å². The second-order valence-electron chi connectivity index (χ2n) is 4.26. The Labute approximate surface area is 106 Å². The maximum atomic E-state index is 5.66. The third-order valence-electron chi connectivity index (χ3n) is 2.91. The van der Waals surface area contributed by atoms with Crippen molar-refractivity contribution in [3.8, 4) is 5.69 Å². The van der Waals surface area contributed by atoms with Gasteiger partial charge in [-0.1, -0.05) is 12.1 Å². The lowest BCUT2D eigenvalue weighted by molar-refractivity contribution is 0.145. The summed E-state index contributed by atoms with van der Waals surface area (Å²) in [7, 11) is 0. The van der Waals surface area contributed by atoms with E-state index in [1.807, 2.05) is 11.8 Å². The van der Waals surface area contributed by atoms with Gasteiger partial charge in [0, 0.05) is 29.4 Å².